The van der Waals surface area contributed by atoms with E-state index in [1.807, 2.05) is 12.1 Å². The molecule has 1 aromatic carbocycles. The average Bonchev–Trinajstić information content (AvgIpc) is 3.23. The Balaban J connectivity index is 1.49. The second-order valence-electron chi connectivity index (χ2n) is 6.90. The van der Waals surface area contributed by atoms with E-state index in [0.717, 1.165) is 31.8 Å². The Morgan fingerprint density at radius 3 is 2.71 bits per heavy atom. The highest BCUT2D eigenvalue weighted by atomic mass is 16.5. The number of nitrogens with zero attached hydrogens (tertiary/aromatic N) is 4. The summed E-state index contributed by atoms with van der Waals surface area (Å²) in [6.45, 7) is 7.91. The number of likely N-dealkylation sites (tertiary alicyclic amines) is 1. The highest BCUT2D eigenvalue weighted by molar-refractivity contribution is 5.52. The SMILES string of the molecule is Cc1ccc(-c2nnc(C(C)N3CC4OCCN(C)C4C3)o2)cc1. The molecule has 2 aliphatic rings. The first-order valence-electron chi connectivity index (χ1n) is 8.58. The number of ether oxygens (including phenoxy) is 1. The quantitative estimate of drug-likeness (QED) is 0.860. The summed E-state index contributed by atoms with van der Waals surface area (Å²) in [5.74, 6) is 1.26. The van der Waals surface area contributed by atoms with Crippen LogP contribution in [0.15, 0.2) is 28.7 Å². The number of hydrogen-bond donors (Lipinski definition) is 0. The van der Waals surface area contributed by atoms with Gasteiger partial charge in [-0.05, 0) is 33.0 Å². The lowest BCUT2D eigenvalue weighted by atomic mass is 10.1. The molecule has 2 saturated heterocycles. The molecule has 24 heavy (non-hydrogen) atoms. The topological polar surface area (TPSA) is 54.6 Å². The molecule has 6 nitrogen and oxygen atoms in total. The highest BCUT2D eigenvalue weighted by Crippen LogP contribution is 2.30. The zero-order valence-corrected chi connectivity index (χ0v) is 14.5. The van der Waals surface area contributed by atoms with Crippen LogP contribution >= 0.6 is 0 Å². The van der Waals surface area contributed by atoms with Crippen molar-refractivity contribution in [3.8, 4) is 11.5 Å². The van der Waals surface area contributed by atoms with Crippen LogP contribution in [0, 0.1) is 6.92 Å². The molecule has 1 aromatic heterocycles. The second-order valence-corrected chi connectivity index (χ2v) is 6.90. The minimum absolute atomic E-state index is 0.0966. The average molecular weight is 328 g/mol. The summed E-state index contributed by atoms with van der Waals surface area (Å²) < 4.78 is 11.9. The third-order valence-corrected chi connectivity index (χ3v) is 5.25. The van der Waals surface area contributed by atoms with E-state index in [4.69, 9.17) is 9.15 Å². The summed E-state index contributed by atoms with van der Waals surface area (Å²) in [6, 6.07) is 8.71. The van der Waals surface area contributed by atoms with E-state index in [2.05, 4.69) is 53.0 Å². The van der Waals surface area contributed by atoms with Crippen LogP contribution in [0.3, 0.4) is 0 Å². The number of aryl methyl sites for hydroxylation is 1. The molecule has 0 aliphatic carbocycles. The van der Waals surface area contributed by atoms with Crippen molar-refractivity contribution in [1.82, 2.24) is 20.0 Å². The second kappa shape index (κ2) is 6.27. The number of aromatic nitrogens is 2. The fraction of sp³-hybridized carbons (Fsp3) is 0.556. The van der Waals surface area contributed by atoms with E-state index in [1.165, 1.54) is 5.56 Å². The van der Waals surface area contributed by atoms with Gasteiger partial charge in [-0.3, -0.25) is 9.80 Å². The molecule has 4 rings (SSSR count). The molecule has 0 N–H and O–H groups in total. The van der Waals surface area contributed by atoms with Gasteiger partial charge in [-0.1, -0.05) is 17.7 Å². The maximum absolute atomic E-state index is 5.95. The summed E-state index contributed by atoms with van der Waals surface area (Å²) in [5.41, 5.74) is 2.18. The van der Waals surface area contributed by atoms with Crippen LogP contribution in [0.5, 0.6) is 0 Å². The molecule has 0 bridgehead atoms. The van der Waals surface area contributed by atoms with Gasteiger partial charge in [0, 0.05) is 31.2 Å². The molecule has 0 saturated carbocycles. The normalized spacial score (nSPS) is 26.5. The van der Waals surface area contributed by atoms with Gasteiger partial charge in [0.2, 0.25) is 11.8 Å². The predicted molar refractivity (Wildman–Crippen MR) is 90.6 cm³/mol. The Morgan fingerprint density at radius 2 is 1.96 bits per heavy atom. The van der Waals surface area contributed by atoms with Crippen molar-refractivity contribution in [1.29, 1.82) is 0 Å². The van der Waals surface area contributed by atoms with Crippen molar-refractivity contribution in [3.63, 3.8) is 0 Å². The van der Waals surface area contributed by atoms with Crippen molar-refractivity contribution >= 4 is 0 Å². The Morgan fingerprint density at radius 1 is 1.17 bits per heavy atom. The molecule has 2 fully saturated rings. The van der Waals surface area contributed by atoms with Crippen LogP contribution in [0.2, 0.25) is 0 Å². The van der Waals surface area contributed by atoms with Gasteiger partial charge in [-0.25, -0.2) is 0 Å². The molecule has 2 aromatic rings. The maximum atomic E-state index is 5.95. The number of morpholine rings is 1. The first-order valence-corrected chi connectivity index (χ1v) is 8.58. The van der Waals surface area contributed by atoms with Crippen LogP contribution in [-0.2, 0) is 4.74 Å². The van der Waals surface area contributed by atoms with Crippen LogP contribution in [0.25, 0.3) is 11.5 Å². The molecule has 2 aliphatic heterocycles. The monoisotopic (exact) mass is 328 g/mol. The van der Waals surface area contributed by atoms with Crippen molar-refractivity contribution in [3.05, 3.63) is 35.7 Å². The number of hydrogen-bond acceptors (Lipinski definition) is 6. The van der Waals surface area contributed by atoms with Gasteiger partial charge >= 0.3 is 0 Å². The van der Waals surface area contributed by atoms with Gasteiger partial charge in [0.05, 0.1) is 18.8 Å². The van der Waals surface area contributed by atoms with E-state index in [0.29, 0.717) is 17.8 Å². The van der Waals surface area contributed by atoms with Gasteiger partial charge in [0.25, 0.3) is 0 Å². The lowest BCUT2D eigenvalue weighted by Gasteiger charge is -2.33. The molecule has 0 radical (unpaired) electrons. The zero-order chi connectivity index (χ0) is 16.7. The first kappa shape index (κ1) is 15.7. The summed E-state index contributed by atoms with van der Waals surface area (Å²) >= 11 is 0. The van der Waals surface area contributed by atoms with Crippen molar-refractivity contribution in [2.45, 2.75) is 32.0 Å². The minimum Gasteiger partial charge on any atom is -0.419 e. The molecule has 3 unspecified atom stereocenters. The van der Waals surface area contributed by atoms with Crippen LogP contribution < -0.4 is 0 Å². The van der Waals surface area contributed by atoms with Crippen LogP contribution in [-0.4, -0.2) is 65.4 Å². The van der Waals surface area contributed by atoms with Crippen LogP contribution in [0.4, 0.5) is 0 Å². The molecule has 3 heterocycles. The minimum atomic E-state index is 0.0966. The number of rotatable bonds is 3. The number of likely N-dealkylation sites (N-methyl/N-ethyl adjacent to an activating group) is 1. The summed E-state index contributed by atoms with van der Waals surface area (Å²) in [7, 11) is 2.18. The van der Waals surface area contributed by atoms with Gasteiger partial charge in [0.1, 0.15) is 0 Å². The predicted octanol–water partition coefficient (Wildman–Crippen LogP) is 2.12. The fourth-order valence-corrected chi connectivity index (χ4v) is 3.57. The molecule has 0 spiro atoms. The van der Waals surface area contributed by atoms with Crippen LogP contribution in [0.1, 0.15) is 24.4 Å². The summed E-state index contributed by atoms with van der Waals surface area (Å²) in [5, 5.41) is 8.51. The van der Waals surface area contributed by atoms with E-state index in [-0.39, 0.29) is 12.1 Å². The molecule has 0 amide bonds. The standard InChI is InChI=1S/C18H24N4O2/c1-12-4-6-14(7-5-12)18-20-19-17(24-18)13(2)22-10-15-16(11-22)23-9-8-21(15)3/h4-7,13,15-16H,8-11H2,1-3H3. The lowest BCUT2D eigenvalue weighted by molar-refractivity contribution is -0.0372. The van der Waals surface area contributed by atoms with Crippen molar-refractivity contribution in [2.24, 2.45) is 0 Å². The summed E-state index contributed by atoms with van der Waals surface area (Å²) in [6.07, 6.45) is 0.283. The third kappa shape index (κ3) is 2.85. The molecule has 3 atom stereocenters. The van der Waals surface area contributed by atoms with Crippen molar-refractivity contribution < 1.29 is 9.15 Å². The zero-order valence-electron chi connectivity index (χ0n) is 14.5. The van der Waals surface area contributed by atoms with E-state index in [9.17, 15) is 0 Å². The highest BCUT2D eigenvalue weighted by Gasteiger charge is 2.41. The van der Waals surface area contributed by atoms with Gasteiger partial charge in [-0.2, -0.15) is 0 Å². The third-order valence-electron chi connectivity index (χ3n) is 5.25. The Kier molecular flexibility index (Phi) is 4.12. The van der Waals surface area contributed by atoms with Crippen molar-refractivity contribution in [2.75, 3.05) is 33.3 Å². The summed E-state index contributed by atoms with van der Waals surface area (Å²) in [4.78, 5) is 4.77. The first-order chi connectivity index (χ1) is 11.6. The molecular weight excluding hydrogens is 304 g/mol. The fourth-order valence-electron chi connectivity index (χ4n) is 3.57. The largest absolute Gasteiger partial charge is 0.419 e. The number of fused-ring (bicyclic) bond motifs is 1. The van der Waals surface area contributed by atoms with Gasteiger partial charge < -0.3 is 9.15 Å². The lowest BCUT2D eigenvalue weighted by Crippen LogP contribution is -2.48. The Labute approximate surface area is 142 Å². The smallest absolute Gasteiger partial charge is 0.247 e. The van der Waals surface area contributed by atoms with Gasteiger partial charge in [-0.15, -0.1) is 10.2 Å². The molecule has 6 heteroatoms. The number of benzene rings is 1. The Hall–Kier alpha value is -1.76. The maximum Gasteiger partial charge on any atom is 0.247 e. The Bertz CT molecular complexity index is 699. The van der Waals surface area contributed by atoms with E-state index >= 15 is 0 Å². The molecule has 128 valence electrons. The van der Waals surface area contributed by atoms with Gasteiger partial charge in [0.15, 0.2) is 0 Å². The van der Waals surface area contributed by atoms with E-state index in [1.54, 1.807) is 0 Å². The molecular formula is C18H24N4O2. The van der Waals surface area contributed by atoms with E-state index < -0.39 is 0 Å².